The van der Waals surface area contributed by atoms with Gasteiger partial charge in [0.05, 0.1) is 5.52 Å². The topological polar surface area (TPSA) is 17.0 Å². The second-order valence-corrected chi connectivity index (χ2v) is 4.43. The molecule has 0 aliphatic carbocycles. The zero-order valence-corrected chi connectivity index (χ0v) is 10.7. The van der Waals surface area contributed by atoms with Crippen molar-refractivity contribution < 1.29 is 0 Å². The van der Waals surface area contributed by atoms with E-state index in [-0.39, 0.29) is 0 Å². The van der Waals surface area contributed by atoms with Gasteiger partial charge in [-0.05, 0) is 30.5 Å². The molecule has 1 heterocycles. The second kappa shape index (κ2) is 5.19. The monoisotopic (exact) mass is 228 g/mol. The summed E-state index contributed by atoms with van der Waals surface area (Å²) >= 11 is 0. The minimum absolute atomic E-state index is 0.903. The summed E-state index contributed by atoms with van der Waals surface area (Å²) < 4.78 is 2.30. The molecule has 1 aromatic carbocycles. The average molecular weight is 228 g/mol. The largest absolute Gasteiger partial charge is 0.343 e. The number of fused-ring (bicyclic) bond motifs is 1. The standard InChI is InChI=1S/C15H20N2/c1-4-12(2)11-17-9-8-13-6-5-7-14(10-16-3)15(13)17/h5-9,16H,2,4,10-11H2,1,3H3. The van der Waals surface area contributed by atoms with Gasteiger partial charge in [-0.25, -0.2) is 0 Å². The first-order chi connectivity index (χ1) is 8.26. The van der Waals surface area contributed by atoms with Crippen LogP contribution in [0.2, 0.25) is 0 Å². The fourth-order valence-corrected chi connectivity index (χ4v) is 2.16. The molecule has 17 heavy (non-hydrogen) atoms. The fraction of sp³-hybridized carbons (Fsp3) is 0.333. The Labute approximate surface area is 103 Å². The van der Waals surface area contributed by atoms with E-state index in [0.29, 0.717) is 0 Å². The van der Waals surface area contributed by atoms with Crippen molar-refractivity contribution in [1.29, 1.82) is 0 Å². The molecule has 2 heteroatoms. The molecule has 1 N–H and O–H groups in total. The van der Waals surface area contributed by atoms with Crippen molar-refractivity contribution >= 4 is 10.9 Å². The predicted molar refractivity (Wildman–Crippen MR) is 74.1 cm³/mol. The Morgan fingerprint density at radius 1 is 1.35 bits per heavy atom. The molecule has 0 atom stereocenters. The molecule has 0 unspecified atom stereocenters. The number of nitrogens with zero attached hydrogens (tertiary/aromatic N) is 1. The SMILES string of the molecule is C=C(CC)Cn1ccc2cccc(CNC)c21. The highest BCUT2D eigenvalue weighted by atomic mass is 15.0. The lowest BCUT2D eigenvalue weighted by Crippen LogP contribution is -2.08. The highest BCUT2D eigenvalue weighted by Crippen LogP contribution is 2.21. The summed E-state index contributed by atoms with van der Waals surface area (Å²) in [6.07, 6.45) is 3.19. The van der Waals surface area contributed by atoms with Crippen LogP contribution in [-0.4, -0.2) is 11.6 Å². The van der Waals surface area contributed by atoms with Gasteiger partial charge in [-0.1, -0.05) is 37.3 Å². The molecule has 2 rings (SSSR count). The van der Waals surface area contributed by atoms with E-state index in [1.807, 2.05) is 7.05 Å². The van der Waals surface area contributed by atoms with Crippen LogP contribution in [0, 0.1) is 0 Å². The number of benzene rings is 1. The summed E-state index contributed by atoms with van der Waals surface area (Å²) in [6.45, 7) is 8.07. The average Bonchev–Trinajstić information content (AvgIpc) is 2.74. The maximum atomic E-state index is 4.09. The fourth-order valence-electron chi connectivity index (χ4n) is 2.16. The van der Waals surface area contributed by atoms with Crippen molar-refractivity contribution in [2.75, 3.05) is 7.05 Å². The Balaban J connectivity index is 2.45. The quantitative estimate of drug-likeness (QED) is 0.777. The maximum Gasteiger partial charge on any atom is 0.0528 e. The Morgan fingerprint density at radius 3 is 2.88 bits per heavy atom. The van der Waals surface area contributed by atoms with Gasteiger partial charge in [-0.15, -0.1) is 0 Å². The van der Waals surface area contributed by atoms with Gasteiger partial charge in [-0.3, -0.25) is 0 Å². The Kier molecular flexibility index (Phi) is 3.64. The molecular formula is C15H20N2. The molecule has 0 amide bonds. The summed E-state index contributed by atoms with van der Waals surface area (Å²) in [6, 6.07) is 8.65. The second-order valence-electron chi connectivity index (χ2n) is 4.43. The van der Waals surface area contributed by atoms with Crippen LogP contribution >= 0.6 is 0 Å². The molecule has 0 radical (unpaired) electrons. The zero-order valence-electron chi connectivity index (χ0n) is 10.7. The van der Waals surface area contributed by atoms with E-state index in [1.54, 1.807) is 0 Å². The number of aromatic nitrogens is 1. The third kappa shape index (κ3) is 2.42. The lowest BCUT2D eigenvalue weighted by Gasteiger charge is -2.10. The van der Waals surface area contributed by atoms with Crippen LogP contribution in [0.4, 0.5) is 0 Å². The van der Waals surface area contributed by atoms with Crippen molar-refractivity contribution in [3.63, 3.8) is 0 Å². The number of nitrogens with one attached hydrogen (secondary N) is 1. The number of hydrogen-bond donors (Lipinski definition) is 1. The zero-order chi connectivity index (χ0) is 12.3. The van der Waals surface area contributed by atoms with Crippen LogP contribution in [0.15, 0.2) is 42.6 Å². The van der Waals surface area contributed by atoms with Crippen LogP contribution in [-0.2, 0) is 13.1 Å². The number of allylic oxidation sites excluding steroid dienone is 1. The van der Waals surface area contributed by atoms with Gasteiger partial charge in [0.15, 0.2) is 0 Å². The molecule has 0 saturated carbocycles. The summed E-state index contributed by atoms with van der Waals surface area (Å²) in [5.74, 6) is 0. The van der Waals surface area contributed by atoms with Gasteiger partial charge >= 0.3 is 0 Å². The minimum Gasteiger partial charge on any atom is -0.343 e. The van der Waals surface area contributed by atoms with Crippen LogP contribution in [0.5, 0.6) is 0 Å². The van der Waals surface area contributed by atoms with Crippen LogP contribution < -0.4 is 5.32 Å². The van der Waals surface area contributed by atoms with E-state index in [2.05, 4.69) is 53.8 Å². The molecule has 1 aromatic heterocycles. The van der Waals surface area contributed by atoms with Crippen LogP contribution in [0.1, 0.15) is 18.9 Å². The Bertz CT molecular complexity index is 523. The van der Waals surface area contributed by atoms with E-state index in [0.717, 1.165) is 19.5 Å². The maximum absolute atomic E-state index is 4.09. The van der Waals surface area contributed by atoms with Crippen LogP contribution in [0.25, 0.3) is 10.9 Å². The molecule has 2 nitrogen and oxygen atoms in total. The molecule has 0 bridgehead atoms. The summed E-state index contributed by atoms with van der Waals surface area (Å²) in [7, 11) is 1.98. The van der Waals surface area contributed by atoms with E-state index < -0.39 is 0 Å². The smallest absolute Gasteiger partial charge is 0.0528 e. The molecule has 90 valence electrons. The molecule has 2 aromatic rings. The lowest BCUT2D eigenvalue weighted by atomic mass is 10.1. The third-order valence-electron chi connectivity index (χ3n) is 3.13. The summed E-state index contributed by atoms with van der Waals surface area (Å²) in [4.78, 5) is 0. The van der Waals surface area contributed by atoms with Crippen molar-refractivity contribution in [3.05, 3.63) is 48.2 Å². The van der Waals surface area contributed by atoms with Gasteiger partial charge in [0, 0.05) is 19.3 Å². The van der Waals surface area contributed by atoms with Crippen molar-refractivity contribution in [2.24, 2.45) is 0 Å². The number of hydrogen-bond acceptors (Lipinski definition) is 1. The Hall–Kier alpha value is -1.54. The van der Waals surface area contributed by atoms with Gasteiger partial charge in [-0.2, -0.15) is 0 Å². The first-order valence-corrected chi connectivity index (χ1v) is 6.14. The highest BCUT2D eigenvalue weighted by molar-refractivity contribution is 5.83. The molecule has 0 fully saturated rings. The number of rotatable bonds is 5. The minimum atomic E-state index is 0.903. The summed E-state index contributed by atoms with van der Waals surface area (Å²) in [5, 5.41) is 4.53. The molecule has 0 saturated heterocycles. The van der Waals surface area contributed by atoms with Crippen LogP contribution in [0.3, 0.4) is 0 Å². The predicted octanol–water partition coefficient (Wildman–Crippen LogP) is 3.33. The number of para-hydroxylation sites is 1. The van der Waals surface area contributed by atoms with Crippen molar-refractivity contribution in [1.82, 2.24) is 9.88 Å². The normalized spacial score (nSPS) is 10.9. The van der Waals surface area contributed by atoms with Gasteiger partial charge < -0.3 is 9.88 Å². The van der Waals surface area contributed by atoms with Crippen molar-refractivity contribution in [3.8, 4) is 0 Å². The van der Waals surface area contributed by atoms with E-state index in [1.165, 1.54) is 22.0 Å². The van der Waals surface area contributed by atoms with Crippen molar-refractivity contribution in [2.45, 2.75) is 26.4 Å². The summed E-state index contributed by atoms with van der Waals surface area (Å²) in [5.41, 5.74) is 3.94. The molecule has 0 aliphatic rings. The van der Waals surface area contributed by atoms with E-state index >= 15 is 0 Å². The van der Waals surface area contributed by atoms with E-state index in [9.17, 15) is 0 Å². The molecular weight excluding hydrogens is 208 g/mol. The third-order valence-corrected chi connectivity index (χ3v) is 3.13. The van der Waals surface area contributed by atoms with E-state index in [4.69, 9.17) is 0 Å². The lowest BCUT2D eigenvalue weighted by molar-refractivity contribution is 0.772. The molecule has 0 aliphatic heterocycles. The van der Waals surface area contributed by atoms with Gasteiger partial charge in [0.1, 0.15) is 0 Å². The molecule has 0 spiro atoms. The van der Waals surface area contributed by atoms with Gasteiger partial charge in [0.2, 0.25) is 0 Å². The Morgan fingerprint density at radius 2 is 2.18 bits per heavy atom. The first kappa shape index (κ1) is 11.9. The van der Waals surface area contributed by atoms with Gasteiger partial charge in [0.25, 0.3) is 0 Å². The first-order valence-electron chi connectivity index (χ1n) is 6.14. The highest BCUT2D eigenvalue weighted by Gasteiger charge is 2.06.